The summed E-state index contributed by atoms with van der Waals surface area (Å²) in [6.07, 6.45) is -10.7. The lowest BCUT2D eigenvalue weighted by Crippen LogP contribution is -2.63. The number of alkyl halides is 7. The molecule has 0 spiro atoms. The first-order valence-corrected chi connectivity index (χ1v) is 5.13. The molecule has 0 radical (unpaired) electrons. The van der Waals surface area contributed by atoms with Gasteiger partial charge in [0.1, 0.15) is 0 Å². The summed E-state index contributed by atoms with van der Waals surface area (Å²) < 4.78 is 76.9. The monoisotopic (exact) mass is 265 g/mol. The van der Waals surface area contributed by atoms with Gasteiger partial charge in [-0.25, -0.2) is 0 Å². The van der Waals surface area contributed by atoms with Crippen LogP contribution in [-0.2, 0) is 0 Å². The van der Waals surface area contributed by atoms with Crippen LogP contribution < -0.4 is 0 Å². The van der Waals surface area contributed by atoms with Crippen LogP contribution in [0.4, 0.5) is 26.3 Å². The van der Waals surface area contributed by atoms with E-state index < -0.39 is 41.3 Å². The third kappa shape index (κ3) is 0.847. The molecule has 0 aromatic heterocycles. The van der Waals surface area contributed by atoms with E-state index in [1.807, 2.05) is 0 Å². The zero-order chi connectivity index (χ0) is 12.1. The molecule has 5 atom stereocenters. The lowest BCUT2D eigenvalue weighted by atomic mass is 9.85. The second kappa shape index (κ2) is 2.48. The number of hydrogen-bond donors (Lipinski definition) is 0. The van der Waals surface area contributed by atoms with Gasteiger partial charge in [-0.1, -0.05) is 0 Å². The summed E-state index contributed by atoms with van der Waals surface area (Å²) in [5, 5.41) is -1.03. The van der Waals surface area contributed by atoms with Crippen molar-refractivity contribution in [3.05, 3.63) is 0 Å². The maximum Gasteiger partial charge on any atom is 0.416 e. The minimum Gasteiger partial charge on any atom is -0.271 e. The zero-order valence-corrected chi connectivity index (χ0v) is 8.37. The Morgan fingerprint density at radius 1 is 1.06 bits per heavy atom. The Labute approximate surface area is 91.3 Å². The number of nitrogens with zero attached hydrogens (tertiary/aromatic N) is 1. The maximum atomic E-state index is 12.8. The quantitative estimate of drug-likeness (QED) is 0.370. The van der Waals surface area contributed by atoms with Gasteiger partial charge in [-0.05, 0) is 6.42 Å². The molecule has 3 heterocycles. The predicted molar refractivity (Wildman–Crippen MR) is 42.0 cm³/mol. The van der Waals surface area contributed by atoms with E-state index in [1.54, 1.807) is 0 Å². The molecule has 4 rings (SSSR count). The van der Waals surface area contributed by atoms with Gasteiger partial charge >= 0.3 is 12.4 Å². The van der Waals surface area contributed by atoms with E-state index >= 15 is 0 Å². The molecule has 4 bridgehead atoms. The van der Waals surface area contributed by atoms with Gasteiger partial charge in [-0.15, -0.1) is 11.6 Å². The molecule has 3 aliphatic heterocycles. The first kappa shape index (κ1) is 11.0. The number of halogens is 7. The zero-order valence-electron chi connectivity index (χ0n) is 7.61. The maximum absolute atomic E-state index is 12.8. The fourth-order valence-corrected chi connectivity index (χ4v) is 4.08. The van der Waals surface area contributed by atoms with Gasteiger partial charge in [0, 0.05) is 18.0 Å². The van der Waals surface area contributed by atoms with Gasteiger partial charge in [0.15, 0.2) is 0 Å². The van der Waals surface area contributed by atoms with E-state index in [0.29, 0.717) is 4.90 Å². The van der Waals surface area contributed by atoms with Crippen LogP contribution in [0, 0.1) is 5.92 Å². The van der Waals surface area contributed by atoms with E-state index in [9.17, 15) is 26.3 Å². The van der Waals surface area contributed by atoms with Crippen LogP contribution >= 0.6 is 11.6 Å². The van der Waals surface area contributed by atoms with Crippen molar-refractivity contribution in [2.45, 2.75) is 41.8 Å². The highest BCUT2D eigenvalue weighted by molar-refractivity contribution is 6.22. The molecule has 1 aliphatic carbocycles. The van der Waals surface area contributed by atoms with E-state index in [2.05, 4.69) is 0 Å². The standard InChI is InChI=1S/C8H6ClF6N/c9-4-2-1-3-5(4)16(3)6(2,7(10,11)12)8(13,14)15/h2-5H,1H2/t2-,3-,4+,5-,16?/m0/s1. The summed E-state index contributed by atoms with van der Waals surface area (Å²) in [6.45, 7) is 0. The van der Waals surface area contributed by atoms with Gasteiger partial charge in [-0.3, -0.25) is 4.90 Å². The van der Waals surface area contributed by atoms with Crippen LogP contribution in [0.2, 0.25) is 0 Å². The molecule has 92 valence electrons. The minimum atomic E-state index is -5.32. The molecule has 1 unspecified atom stereocenters. The average Bonchev–Trinajstić information content (AvgIpc) is 2.43. The lowest BCUT2D eigenvalue weighted by molar-refractivity contribution is -0.328. The summed E-state index contributed by atoms with van der Waals surface area (Å²) >= 11 is 5.65. The molecule has 4 aliphatic rings. The Bertz CT molecular complexity index is 335. The molecule has 0 amide bonds. The van der Waals surface area contributed by atoms with E-state index in [4.69, 9.17) is 11.6 Å². The van der Waals surface area contributed by atoms with E-state index in [0.717, 1.165) is 0 Å². The van der Waals surface area contributed by atoms with Crippen LogP contribution in [0.5, 0.6) is 0 Å². The molecule has 1 saturated carbocycles. The van der Waals surface area contributed by atoms with Crippen LogP contribution in [0.15, 0.2) is 0 Å². The fourth-order valence-electron chi connectivity index (χ4n) is 3.51. The number of rotatable bonds is 0. The summed E-state index contributed by atoms with van der Waals surface area (Å²) in [5.74, 6) is -1.55. The van der Waals surface area contributed by atoms with Gasteiger partial charge in [0.05, 0.1) is 5.38 Å². The first-order valence-electron chi connectivity index (χ1n) is 4.70. The van der Waals surface area contributed by atoms with Crippen molar-refractivity contribution in [2.24, 2.45) is 5.92 Å². The van der Waals surface area contributed by atoms with Crippen LogP contribution in [-0.4, -0.2) is 40.3 Å². The summed E-state index contributed by atoms with van der Waals surface area (Å²) in [7, 11) is 0. The largest absolute Gasteiger partial charge is 0.416 e. The third-order valence-corrected chi connectivity index (χ3v) is 4.56. The van der Waals surface area contributed by atoms with Gasteiger partial charge < -0.3 is 0 Å². The van der Waals surface area contributed by atoms with Crippen LogP contribution in [0.25, 0.3) is 0 Å². The van der Waals surface area contributed by atoms with Gasteiger partial charge in [0.25, 0.3) is 0 Å². The molecule has 1 nitrogen and oxygen atoms in total. The Morgan fingerprint density at radius 3 is 1.69 bits per heavy atom. The van der Waals surface area contributed by atoms with Gasteiger partial charge in [0.2, 0.25) is 5.54 Å². The molecule has 0 aromatic carbocycles. The highest BCUT2D eigenvalue weighted by Crippen LogP contribution is 2.73. The summed E-state index contributed by atoms with van der Waals surface area (Å²) in [4.78, 5) is 0.509. The molecule has 0 aromatic rings. The Kier molecular flexibility index (Phi) is 1.70. The highest BCUT2D eigenvalue weighted by atomic mass is 35.5. The third-order valence-electron chi connectivity index (χ3n) is 4.00. The van der Waals surface area contributed by atoms with E-state index in [1.165, 1.54) is 0 Å². The number of piperidine rings is 3. The van der Waals surface area contributed by atoms with Crippen LogP contribution in [0.1, 0.15) is 6.42 Å². The Morgan fingerprint density at radius 2 is 1.56 bits per heavy atom. The molecular formula is C8H6ClF6N. The second-order valence-electron chi connectivity index (χ2n) is 4.51. The number of hydrogen-bond acceptors (Lipinski definition) is 1. The normalized spacial score (nSPS) is 48.6. The first-order chi connectivity index (χ1) is 7.14. The van der Waals surface area contributed by atoms with Crippen molar-refractivity contribution < 1.29 is 26.3 Å². The van der Waals surface area contributed by atoms with E-state index in [-0.39, 0.29) is 6.42 Å². The molecule has 8 heteroatoms. The summed E-state index contributed by atoms with van der Waals surface area (Å²) in [6, 6.07) is -1.37. The average molecular weight is 266 g/mol. The predicted octanol–water partition coefficient (Wildman–Crippen LogP) is 2.54. The topological polar surface area (TPSA) is 3.01 Å². The van der Waals surface area contributed by atoms with Crippen molar-refractivity contribution >= 4 is 11.6 Å². The highest BCUT2D eigenvalue weighted by Gasteiger charge is 2.93. The molecular weight excluding hydrogens is 260 g/mol. The minimum absolute atomic E-state index is 0.0994. The van der Waals surface area contributed by atoms with Crippen molar-refractivity contribution in [3.8, 4) is 0 Å². The van der Waals surface area contributed by atoms with Gasteiger partial charge in [-0.2, -0.15) is 26.3 Å². The van der Waals surface area contributed by atoms with Crippen LogP contribution in [0.3, 0.4) is 0 Å². The smallest absolute Gasteiger partial charge is 0.271 e. The lowest BCUT2D eigenvalue weighted by Gasteiger charge is -2.37. The van der Waals surface area contributed by atoms with Crippen molar-refractivity contribution in [1.29, 1.82) is 0 Å². The SMILES string of the molecule is FC(F)(F)C1(C(F)(F)F)[C@H]2C[C@H]3[C@@H]([C@@H]2Cl)N31. The van der Waals surface area contributed by atoms with Crippen molar-refractivity contribution in [2.75, 3.05) is 0 Å². The Hall–Kier alpha value is -0.170. The van der Waals surface area contributed by atoms with Crippen molar-refractivity contribution in [3.63, 3.8) is 0 Å². The van der Waals surface area contributed by atoms with Crippen molar-refractivity contribution in [1.82, 2.24) is 4.90 Å². The second-order valence-corrected chi connectivity index (χ2v) is 5.02. The fraction of sp³-hybridized carbons (Fsp3) is 1.00. The molecule has 3 saturated heterocycles. The summed E-state index contributed by atoms with van der Waals surface area (Å²) in [5.41, 5.74) is -3.69. The Balaban J connectivity index is 2.14. The molecule has 16 heavy (non-hydrogen) atoms. The molecule has 0 N–H and O–H groups in total. The molecule has 4 fully saturated rings.